The van der Waals surface area contributed by atoms with Crippen molar-refractivity contribution in [1.82, 2.24) is 4.90 Å². The third-order valence-electron chi connectivity index (χ3n) is 4.94. The van der Waals surface area contributed by atoms with Gasteiger partial charge in [-0.1, -0.05) is 12.1 Å². The number of rotatable bonds is 4. The Bertz CT molecular complexity index is 860. The van der Waals surface area contributed by atoms with Gasteiger partial charge in [0.1, 0.15) is 12.4 Å². The number of benzene rings is 2. The summed E-state index contributed by atoms with van der Waals surface area (Å²) >= 11 is 0. The molecule has 0 aromatic heterocycles. The number of carbonyl (C=O) groups is 1. The highest BCUT2D eigenvalue weighted by molar-refractivity contribution is 5.91. The Balaban J connectivity index is 1.29. The summed E-state index contributed by atoms with van der Waals surface area (Å²) in [7, 11) is 0. The van der Waals surface area contributed by atoms with Crippen LogP contribution in [-0.2, 0) is 11.3 Å². The lowest BCUT2D eigenvalue weighted by molar-refractivity contribution is -0.917. The molecule has 0 bridgehead atoms. The van der Waals surface area contributed by atoms with Crippen molar-refractivity contribution >= 4 is 12.0 Å². The summed E-state index contributed by atoms with van der Waals surface area (Å²) in [5.74, 6) is 1.28. The van der Waals surface area contributed by atoms with E-state index in [1.54, 1.807) is 18.2 Å². The summed E-state index contributed by atoms with van der Waals surface area (Å²) in [6.45, 7) is 4.41. The minimum atomic E-state index is -0.301. The highest BCUT2D eigenvalue weighted by Gasteiger charge is 2.23. The zero-order valence-corrected chi connectivity index (χ0v) is 15.0. The van der Waals surface area contributed by atoms with E-state index >= 15 is 0 Å². The summed E-state index contributed by atoms with van der Waals surface area (Å²) in [4.78, 5) is 15.6. The molecule has 1 saturated heterocycles. The second-order valence-electron chi connectivity index (χ2n) is 6.83. The van der Waals surface area contributed by atoms with Crippen LogP contribution in [0.4, 0.5) is 4.39 Å². The first-order valence-corrected chi connectivity index (χ1v) is 9.12. The molecule has 0 unspecified atom stereocenters. The molecule has 0 radical (unpaired) electrons. The topological polar surface area (TPSA) is 43.2 Å². The predicted octanol–water partition coefficient (Wildman–Crippen LogP) is 1.49. The van der Waals surface area contributed by atoms with E-state index in [0.717, 1.165) is 31.1 Å². The van der Waals surface area contributed by atoms with Gasteiger partial charge in [-0.05, 0) is 42.0 Å². The lowest BCUT2D eigenvalue weighted by Gasteiger charge is -2.31. The molecule has 27 heavy (non-hydrogen) atoms. The highest BCUT2D eigenvalue weighted by Crippen LogP contribution is 2.32. The second-order valence-corrected chi connectivity index (χ2v) is 6.83. The Labute approximate surface area is 157 Å². The third-order valence-corrected chi connectivity index (χ3v) is 4.94. The van der Waals surface area contributed by atoms with Gasteiger partial charge in [-0.2, -0.15) is 0 Å². The zero-order chi connectivity index (χ0) is 18.6. The fourth-order valence-electron chi connectivity index (χ4n) is 3.44. The predicted molar refractivity (Wildman–Crippen MR) is 99.0 cm³/mol. The van der Waals surface area contributed by atoms with E-state index in [1.807, 2.05) is 17.0 Å². The Hall–Kier alpha value is -2.86. The minimum absolute atomic E-state index is 0.0265. The molecule has 4 rings (SSSR count). The van der Waals surface area contributed by atoms with Gasteiger partial charge in [-0.25, -0.2) is 4.39 Å². The van der Waals surface area contributed by atoms with Crippen LogP contribution < -0.4 is 14.4 Å². The lowest BCUT2D eigenvalue weighted by Crippen LogP contribution is -3.13. The maximum absolute atomic E-state index is 13.2. The quantitative estimate of drug-likeness (QED) is 0.831. The molecule has 0 saturated carbocycles. The van der Waals surface area contributed by atoms with Crippen molar-refractivity contribution in [3.05, 3.63) is 65.5 Å². The van der Waals surface area contributed by atoms with Crippen LogP contribution in [0.1, 0.15) is 11.1 Å². The van der Waals surface area contributed by atoms with Crippen LogP contribution in [0.3, 0.4) is 0 Å². The summed E-state index contributed by atoms with van der Waals surface area (Å²) in [5, 5.41) is 0. The van der Waals surface area contributed by atoms with Gasteiger partial charge < -0.3 is 19.3 Å². The van der Waals surface area contributed by atoms with E-state index in [4.69, 9.17) is 9.47 Å². The summed E-state index contributed by atoms with van der Waals surface area (Å²) in [5.41, 5.74) is 1.90. The van der Waals surface area contributed by atoms with E-state index in [0.29, 0.717) is 18.7 Å². The van der Waals surface area contributed by atoms with Crippen molar-refractivity contribution in [2.45, 2.75) is 6.54 Å². The largest absolute Gasteiger partial charge is 0.454 e. The van der Waals surface area contributed by atoms with Gasteiger partial charge in [0.2, 0.25) is 12.7 Å². The van der Waals surface area contributed by atoms with Crippen LogP contribution in [0.15, 0.2) is 48.5 Å². The van der Waals surface area contributed by atoms with Gasteiger partial charge in [0.25, 0.3) is 0 Å². The van der Waals surface area contributed by atoms with E-state index in [1.165, 1.54) is 28.7 Å². The van der Waals surface area contributed by atoms with Crippen molar-refractivity contribution in [3.8, 4) is 11.5 Å². The van der Waals surface area contributed by atoms with Gasteiger partial charge in [-0.15, -0.1) is 0 Å². The number of carbonyl (C=O) groups excluding carboxylic acids is 1. The Morgan fingerprint density at radius 1 is 1.11 bits per heavy atom. The number of piperazine rings is 1. The molecular formula is C21H22FN2O3+. The lowest BCUT2D eigenvalue weighted by atomic mass is 10.1. The maximum Gasteiger partial charge on any atom is 0.246 e. The minimum Gasteiger partial charge on any atom is -0.454 e. The smallest absolute Gasteiger partial charge is 0.246 e. The summed E-state index contributed by atoms with van der Waals surface area (Å²) < 4.78 is 24.0. The summed E-state index contributed by atoms with van der Waals surface area (Å²) in [6.07, 6.45) is 3.19. The zero-order valence-electron chi connectivity index (χ0n) is 15.0. The molecular weight excluding hydrogens is 347 g/mol. The molecule has 1 amide bonds. The van der Waals surface area contributed by atoms with E-state index < -0.39 is 0 Å². The number of halogens is 1. The molecule has 2 aromatic carbocycles. The molecule has 140 valence electrons. The Kier molecular flexibility index (Phi) is 5.07. The molecule has 1 fully saturated rings. The highest BCUT2D eigenvalue weighted by atomic mass is 19.1. The monoisotopic (exact) mass is 369 g/mol. The van der Waals surface area contributed by atoms with Crippen LogP contribution >= 0.6 is 0 Å². The number of nitrogens with zero attached hydrogens (tertiary/aromatic N) is 1. The van der Waals surface area contributed by atoms with Crippen molar-refractivity contribution in [2.24, 2.45) is 0 Å². The second kappa shape index (κ2) is 7.80. The van der Waals surface area contributed by atoms with E-state index in [2.05, 4.69) is 6.07 Å². The molecule has 2 aliphatic heterocycles. The summed E-state index contributed by atoms with van der Waals surface area (Å²) in [6, 6.07) is 12.3. The van der Waals surface area contributed by atoms with Crippen LogP contribution in [0.5, 0.6) is 11.5 Å². The van der Waals surface area contributed by atoms with Crippen LogP contribution in [0, 0.1) is 5.82 Å². The molecule has 0 spiro atoms. The number of hydrogen-bond donors (Lipinski definition) is 1. The first-order valence-electron chi connectivity index (χ1n) is 9.12. The Morgan fingerprint density at radius 2 is 1.93 bits per heavy atom. The molecule has 5 nitrogen and oxygen atoms in total. The van der Waals surface area contributed by atoms with Gasteiger partial charge in [-0.3, -0.25) is 4.79 Å². The molecule has 2 heterocycles. The number of amides is 1. The molecule has 2 aliphatic rings. The number of ether oxygens (including phenoxy) is 2. The van der Waals surface area contributed by atoms with Crippen LogP contribution in [-0.4, -0.2) is 43.8 Å². The average Bonchev–Trinajstić information content (AvgIpc) is 3.15. The van der Waals surface area contributed by atoms with E-state index in [9.17, 15) is 9.18 Å². The first-order chi connectivity index (χ1) is 13.2. The molecule has 0 aliphatic carbocycles. The fraction of sp³-hybridized carbons (Fsp3) is 0.286. The third kappa shape index (κ3) is 4.28. The molecule has 0 atom stereocenters. The number of quaternary nitrogens is 1. The van der Waals surface area contributed by atoms with Gasteiger partial charge in [0.15, 0.2) is 11.5 Å². The first kappa shape index (κ1) is 17.5. The van der Waals surface area contributed by atoms with Crippen LogP contribution in [0.2, 0.25) is 0 Å². The standard InChI is InChI=1S/C21H21FN2O3/c22-18-3-1-2-16(12-18)5-7-21(25)24-10-8-23(9-11-24)14-17-4-6-19-20(13-17)27-15-26-19/h1-7,12-13H,8-11,14-15H2/p+1. The SMILES string of the molecule is O=C(C=Cc1cccc(F)c1)N1CC[NH+](Cc2ccc3c(c2)OCO3)CC1. The average molecular weight is 369 g/mol. The van der Waals surface area contributed by atoms with Crippen molar-refractivity contribution in [2.75, 3.05) is 33.0 Å². The van der Waals surface area contributed by atoms with Gasteiger partial charge in [0.05, 0.1) is 26.2 Å². The molecule has 6 heteroatoms. The number of nitrogens with one attached hydrogen (secondary N) is 1. The van der Waals surface area contributed by atoms with Gasteiger partial charge in [0, 0.05) is 11.6 Å². The van der Waals surface area contributed by atoms with Crippen molar-refractivity contribution < 1.29 is 23.6 Å². The normalized spacial score (nSPS) is 16.9. The fourth-order valence-corrected chi connectivity index (χ4v) is 3.44. The number of fused-ring (bicyclic) bond motifs is 1. The van der Waals surface area contributed by atoms with Crippen molar-refractivity contribution in [1.29, 1.82) is 0 Å². The van der Waals surface area contributed by atoms with Gasteiger partial charge >= 0.3 is 0 Å². The van der Waals surface area contributed by atoms with Crippen LogP contribution in [0.25, 0.3) is 6.08 Å². The molecule has 2 aromatic rings. The van der Waals surface area contributed by atoms with Crippen molar-refractivity contribution in [3.63, 3.8) is 0 Å². The maximum atomic E-state index is 13.2. The van der Waals surface area contributed by atoms with E-state index in [-0.39, 0.29) is 18.5 Å². The number of hydrogen-bond acceptors (Lipinski definition) is 3. The Morgan fingerprint density at radius 3 is 2.74 bits per heavy atom. The molecule has 1 N–H and O–H groups in total.